The van der Waals surface area contributed by atoms with Gasteiger partial charge in [-0.05, 0) is 42.3 Å². The fraction of sp³-hybridized carbons (Fsp3) is 0.381. The van der Waals surface area contributed by atoms with Gasteiger partial charge in [-0.1, -0.05) is 24.3 Å². The molecule has 7 nitrogen and oxygen atoms in total. The fourth-order valence-electron chi connectivity index (χ4n) is 3.13. The summed E-state index contributed by atoms with van der Waals surface area (Å²) in [6.07, 6.45) is 0. The lowest BCUT2D eigenvalue weighted by atomic mass is 10.1. The Labute approximate surface area is 171 Å². The zero-order chi connectivity index (χ0) is 20.9. The molecule has 1 heterocycles. The molecule has 0 aliphatic carbocycles. The first-order chi connectivity index (χ1) is 13.9. The largest absolute Gasteiger partial charge is 0.497 e. The van der Waals surface area contributed by atoms with Crippen molar-refractivity contribution in [3.63, 3.8) is 0 Å². The van der Waals surface area contributed by atoms with E-state index in [-0.39, 0.29) is 17.7 Å². The predicted octanol–water partition coefficient (Wildman–Crippen LogP) is 2.35. The highest BCUT2D eigenvalue weighted by molar-refractivity contribution is 7.88. The van der Waals surface area contributed by atoms with E-state index in [0.717, 1.165) is 11.3 Å². The van der Waals surface area contributed by atoms with Crippen molar-refractivity contribution in [2.75, 3.05) is 33.4 Å². The normalized spacial score (nSPS) is 16.2. The molecule has 29 heavy (non-hydrogen) atoms. The van der Waals surface area contributed by atoms with Crippen LogP contribution in [0.2, 0.25) is 0 Å². The smallest absolute Gasteiger partial charge is 0.251 e. The Morgan fingerprint density at radius 2 is 1.72 bits per heavy atom. The number of carbonyl (C=O) groups excluding carboxylic acids is 1. The first kappa shape index (κ1) is 21.3. The minimum Gasteiger partial charge on any atom is -0.497 e. The van der Waals surface area contributed by atoms with Gasteiger partial charge >= 0.3 is 0 Å². The van der Waals surface area contributed by atoms with Gasteiger partial charge in [-0.25, -0.2) is 8.42 Å². The molecule has 2 aromatic rings. The maximum absolute atomic E-state index is 12.5. The van der Waals surface area contributed by atoms with E-state index >= 15 is 0 Å². The molecule has 1 fully saturated rings. The van der Waals surface area contributed by atoms with Gasteiger partial charge in [0, 0.05) is 18.7 Å². The average molecular weight is 419 g/mol. The number of amides is 1. The number of sulfonamides is 1. The van der Waals surface area contributed by atoms with Crippen LogP contribution < -0.4 is 10.1 Å². The van der Waals surface area contributed by atoms with Crippen molar-refractivity contribution in [1.82, 2.24) is 9.62 Å². The van der Waals surface area contributed by atoms with Crippen LogP contribution in [-0.4, -0.2) is 52.0 Å². The van der Waals surface area contributed by atoms with Gasteiger partial charge in [0.15, 0.2) is 0 Å². The molecule has 3 rings (SSSR count). The number of carbonyl (C=O) groups is 1. The highest BCUT2D eigenvalue weighted by atomic mass is 32.2. The second-order valence-corrected chi connectivity index (χ2v) is 8.90. The number of rotatable bonds is 7. The number of methoxy groups -OCH3 is 1. The molecule has 1 aliphatic heterocycles. The highest BCUT2D eigenvalue weighted by Crippen LogP contribution is 2.18. The number of benzene rings is 2. The topological polar surface area (TPSA) is 84.9 Å². The van der Waals surface area contributed by atoms with E-state index in [9.17, 15) is 13.2 Å². The Morgan fingerprint density at radius 3 is 2.31 bits per heavy atom. The lowest BCUT2D eigenvalue weighted by molar-refractivity contribution is 0.0729. The zero-order valence-electron chi connectivity index (χ0n) is 16.6. The van der Waals surface area contributed by atoms with Crippen LogP contribution in [-0.2, 0) is 20.5 Å². The first-order valence-corrected chi connectivity index (χ1v) is 11.1. The number of nitrogens with zero attached hydrogens (tertiary/aromatic N) is 1. The summed E-state index contributed by atoms with van der Waals surface area (Å²) in [7, 11) is -1.78. The van der Waals surface area contributed by atoms with E-state index in [2.05, 4.69) is 5.32 Å². The third-order valence-electron chi connectivity index (χ3n) is 4.89. The second kappa shape index (κ2) is 9.39. The molecule has 0 unspecified atom stereocenters. The molecule has 0 aromatic heterocycles. The van der Waals surface area contributed by atoms with Crippen molar-refractivity contribution in [3.05, 3.63) is 65.2 Å². The number of hydrogen-bond donors (Lipinski definition) is 1. The van der Waals surface area contributed by atoms with E-state index in [1.54, 1.807) is 31.4 Å². The van der Waals surface area contributed by atoms with Gasteiger partial charge in [-0.3, -0.25) is 4.79 Å². The summed E-state index contributed by atoms with van der Waals surface area (Å²) < 4.78 is 36.8. The van der Waals surface area contributed by atoms with Crippen molar-refractivity contribution in [1.29, 1.82) is 0 Å². The summed E-state index contributed by atoms with van der Waals surface area (Å²) in [5, 5.41) is 2.95. The molecular formula is C21H26N2O5S. The quantitative estimate of drug-likeness (QED) is 0.746. The van der Waals surface area contributed by atoms with Gasteiger partial charge in [0.1, 0.15) is 5.75 Å². The maximum atomic E-state index is 12.5. The van der Waals surface area contributed by atoms with Crippen LogP contribution in [0, 0.1) is 0 Å². The molecule has 1 atom stereocenters. The monoisotopic (exact) mass is 418 g/mol. The molecule has 1 amide bonds. The van der Waals surface area contributed by atoms with Crippen LogP contribution in [0.1, 0.15) is 34.5 Å². The van der Waals surface area contributed by atoms with E-state index in [1.807, 2.05) is 31.2 Å². The molecule has 0 saturated carbocycles. The predicted molar refractivity (Wildman–Crippen MR) is 110 cm³/mol. The Kier molecular flexibility index (Phi) is 6.89. The van der Waals surface area contributed by atoms with Crippen molar-refractivity contribution in [3.8, 4) is 5.75 Å². The minimum absolute atomic E-state index is 0.0862. The lowest BCUT2D eigenvalue weighted by Gasteiger charge is -2.26. The molecule has 1 aliphatic rings. The highest BCUT2D eigenvalue weighted by Gasteiger charge is 2.24. The summed E-state index contributed by atoms with van der Waals surface area (Å²) in [5.41, 5.74) is 2.10. The van der Waals surface area contributed by atoms with Gasteiger partial charge < -0.3 is 14.8 Å². The van der Waals surface area contributed by atoms with Gasteiger partial charge in [0.25, 0.3) is 5.91 Å². The Bertz CT molecular complexity index is 921. The number of morpholine rings is 1. The van der Waals surface area contributed by atoms with Crippen LogP contribution in [0.4, 0.5) is 0 Å². The number of nitrogens with one attached hydrogen (secondary N) is 1. The summed E-state index contributed by atoms with van der Waals surface area (Å²) in [6.45, 7) is 3.51. The van der Waals surface area contributed by atoms with Crippen molar-refractivity contribution in [2.24, 2.45) is 0 Å². The Balaban J connectivity index is 1.60. The molecule has 2 aromatic carbocycles. The van der Waals surface area contributed by atoms with Gasteiger partial charge in [-0.15, -0.1) is 0 Å². The Morgan fingerprint density at radius 1 is 1.10 bits per heavy atom. The first-order valence-electron chi connectivity index (χ1n) is 9.48. The number of ether oxygens (including phenoxy) is 2. The van der Waals surface area contributed by atoms with Crippen molar-refractivity contribution < 1.29 is 22.7 Å². The summed E-state index contributed by atoms with van der Waals surface area (Å²) in [5.74, 6) is 0.461. The fourth-order valence-corrected chi connectivity index (χ4v) is 4.64. The standard InChI is InChI=1S/C21H26N2O5S/c1-16(18-7-9-20(27-2)10-8-18)22-21(24)19-5-3-17(4-6-19)15-29(25,26)23-11-13-28-14-12-23/h3-10,16H,11-15H2,1-2H3,(H,22,24)/t16-/m1/s1. The van der Waals surface area contributed by atoms with Crippen molar-refractivity contribution >= 4 is 15.9 Å². The molecule has 0 radical (unpaired) electrons. The molecule has 156 valence electrons. The van der Waals surface area contributed by atoms with Gasteiger partial charge in [0.2, 0.25) is 10.0 Å². The third-order valence-corrected chi connectivity index (χ3v) is 6.74. The maximum Gasteiger partial charge on any atom is 0.251 e. The lowest BCUT2D eigenvalue weighted by Crippen LogP contribution is -2.41. The molecule has 0 spiro atoms. The van der Waals surface area contributed by atoms with E-state index in [0.29, 0.717) is 37.4 Å². The van der Waals surface area contributed by atoms with E-state index < -0.39 is 10.0 Å². The number of hydrogen-bond acceptors (Lipinski definition) is 5. The summed E-state index contributed by atoms with van der Waals surface area (Å²) in [6, 6.07) is 14.0. The van der Waals surface area contributed by atoms with Crippen LogP contribution in [0.25, 0.3) is 0 Å². The van der Waals surface area contributed by atoms with Gasteiger partial charge in [0.05, 0.1) is 32.1 Å². The van der Waals surface area contributed by atoms with Crippen LogP contribution in [0.15, 0.2) is 48.5 Å². The third kappa shape index (κ3) is 5.56. The van der Waals surface area contributed by atoms with Gasteiger partial charge in [-0.2, -0.15) is 4.31 Å². The SMILES string of the molecule is COc1ccc([C@@H](C)NC(=O)c2ccc(CS(=O)(=O)N3CCOCC3)cc2)cc1. The van der Waals surface area contributed by atoms with E-state index in [1.165, 1.54) is 4.31 Å². The zero-order valence-corrected chi connectivity index (χ0v) is 17.4. The average Bonchev–Trinajstić information content (AvgIpc) is 2.74. The van der Waals surface area contributed by atoms with Crippen LogP contribution in [0.3, 0.4) is 0 Å². The summed E-state index contributed by atoms with van der Waals surface area (Å²) >= 11 is 0. The van der Waals surface area contributed by atoms with Crippen LogP contribution in [0.5, 0.6) is 5.75 Å². The minimum atomic E-state index is -3.39. The Hall–Kier alpha value is -2.42. The second-order valence-electron chi connectivity index (χ2n) is 6.93. The molecule has 1 N–H and O–H groups in total. The van der Waals surface area contributed by atoms with Crippen LogP contribution >= 0.6 is 0 Å². The molecular weight excluding hydrogens is 392 g/mol. The molecule has 8 heteroatoms. The summed E-state index contributed by atoms with van der Waals surface area (Å²) in [4.78, 5) is 12.5. The molecule has 0 bridgehead atoms. The van der Waals surface area contributed by atoms with Crippen molar-refractivity contribution in [2.45, 2.75) is 18.7 Å². The van der Waals surface area contributed by atoms with E-state index in [4.69, 9.17) is 9.47 Å². The molecule has 1 saturated heterocycles.